The Bertz CT molecular complexity index is 234. The molecular formula is C18H34O2. The number of allylic oxidation sites excluding steroid dienone is 2. The maximum atomic E-state index is 10.5. The van der Waals surface area contributed by atoms with E-state index in [1.165, 1.54) is 64.7 Å². The number of carbonyl (C=O) groups is 1. The summed E-state index contributed by atoms with van der Waals surface area (Å²) in [6.07, 6.45) is 20.1. The van der Waals surface area contributed by atoms with Gasteiger partial charge >= 0.3 is 5.97 Å². The highest BCUT2D eigenvalue weighted by molar-refractivity contribution is 5.65. The normalized spacial score (nSPS) is 11.1. The van der Waals surface area contributed by atoms with Gasteiger partial charge in [0.15, 0.2) is 0 Å². The summed E-state index contributed by atoms with van der Waals surface area (Å²) >= 11 is 0. The summed E-state index contributed by atoms with van der Waals surface area (Å²) in [6, 6.07) is 0. The number of rotatable bonds is 14. The summed E-state index contributed by atoms with van der Waals surface area (Å²) in [5.74, 6) is -0.171. The maximum Gasteiger partial charge on any atom is 0.302 e. The summed E-state index contributed by atoms with van der Waals surface area (Å²) in [6.45, 7) is 4.30. The molecule has 0 bridgehead atoms. The summed E-state index contributed by atoms with van der Waals surface area (Å²) in [7, 11) is 0. The number of unbranched alkanes of at least 4 members (excludes halogenated alkanes) is 10. The van der Waals surface area contributed by atoms with Gasteiger partial charge in [0, 0.05) is 6.92 Å². The predicted octanol–water partition coefficient (Wildman–Crippen LogP) is 5.81. The van der Waals surface area contributed by atoms with Crippen LogP contribution < -0.4 is 0 Å². The Morgan fingerprint density at radius 1 is 0.800 bits per heavy atom. The molecule has 2 heteroatoms. The number of ether oxygens (including phenoxy) is 1. The molecule has 0 radical (unpaired) electrons. The largest absolute Gasteiger partial charge is 0.466 e. The van der Waals surface area contributed by atoms with E-state index in [4.69, 9.17) is 4.74 Å². The van der Waals surface area contributed by atoms with E-state index < -0.39 is 0 Å². The Morgan fingerprint density at radius 3 is 1.85 bits per heavy atom. The minimum atomic E-state index is -0.171. The van der Waals surface area contributed by atoms with Gasteiger partial charge < -0.3 is 4.74 Å². The van der Waals surface area contributed by atoms with E-state index in [-0.39, 0.29) is 5.97 Å². The van der Waals surface area contributed by atoms with E-state index in [2.05, 4.69) is 19.1 Å². The highest BCUT2D eigenvalue weighted by atomic mass is 16.5. The standard InChI is InChI=1S/C18H34O2/c1-3-4-5-6-7-8-9-10-11-12-13-14-15-16-17-20-18(2)19/h12-13H,3-11,14-17H2,1-2H3/b13-12+. The molecule has 0 unspecified atom stereocenters. The van der Waals surface area contributed by atoms with E-state index in [0.29, 0.717) is 6.61 Å². The second-order valence-corrected chi connectivity index (χ2v) is 5.57. The van der Waals surface area contributed by atoms with Crippen LogP contribution in [0.2, 0.25) is 0 Å². The SMILES string of the molecule is CCCCCCCCCC/C=C/CCCCOC(C)=O. The lowest BCUT2D eigenvalue weighted by Gasteiger charge is -2.00. The first-order chi connectivity index (χ1) is 9.77. The van der Waals surface area contributed by atoms with Crippen LogP contribution in [0.25, 0.3) is 0 Å². The maximum absolute atomic E-state index is 10.5. The zero-order valence-electron chi connectivity index (χ0n) is 13.7. The Kier molecular flexibility index (Phi) is 15.6. The predicted molar refractivity (Wildman–Crippen MR) is 86.9 cm³/mol. The third-order valence-corrected chi connectivity index (χ3v) is 3.46. The van der Waals surface area contributed by atoms with Gasteiger partial charge in [-0.15, -0.1) is 0 Å². The van der Waals surface area contributed by atoms with Gasteiger partial charge in [-0.1, -0.05) is 64.0 Å². The molecular weight excluding hydrogens is 248 g/mol. The lowest BCUT2D eigenvalue weighted by atomic mass is 10.1. The molecule has 0 aromatic rings. The molecule has 0 rings (SSSR count). The lowest BCUT2D eigenvalue weighted by molar-refractivity contribution is -0.141. The number of hydrogen-bond acceptors (Lipinski definition) is 2. The van der Waals surface area contributed by atoms with E-state index >= 15 is 0 Å². The third-order valence-electron chi connectivity index (χ3n) is 3.46. The van der Waals surface area contributed by atoms with Crippen molar-refractivity contribution >= 4 is 5.97 Å². The van der Waals surface area contributed by atoms with Crippen molar-refractivity contribution in [1.82, 2.24) is 0 Å². The van der Waals surface area contributed by atoms with E-state index in [9.17, 15) is 4.79 Å². The quantitative estimate of drug-likeness (QED) is 0.228. The Hall–Kier alpha value is -0.790. The molecule has 0 saturated carbocycles. The molecule has 0 heterocycles. The molecule has 0 fully saturated rings. The van der Waals surface area contributed by atoms with E-state index in [0.717, 1.165) is 19.3 Å². The fourth-order valence-electron chi connectivity index (χ4n) is 2.21. The van der Waals surface area contributed by atoms with Crippen LogP contribution in [-0.4, -0.2) is 12.6 Å². The van der Waals surface area contributed by atoms with Crippen LogP contribution in [0.1, 0.15) is 90.9 Å². The summed E-state index contributed by atoms with van der Waals surface area (Å²) in [4.78, 5) is 10.5. The fourth-order valence-corrected chi connectivity index (χ4v) is 2.21. The number of hydrogen-bond donors (Lipinski definition) is 0. The van der Waals surface area contributed by atoms with Crippen LogP contribution in [-0.2, 0) is 9.53 Å². The van der Waals surface area contributed by atoms with E-state index in [1.54, 1.807) is 0 Å². The summed E-state index contributed by atoms with van der Waals surface area (Å²) < 4.78 is 4.89. The first-order valence-corrected chi connectivity index (χ1v) is 8.55. The van der Waals surface area contributed by atoms with Crippen LogP contribution in [0.4, 0.5) is 0 Å². The molecule has 0 aromatic carbocycles. The van der Waals surface area contributed by atoms with Gasteiger partial charge in [-0.2, -0.15) is 0 Å². The van der Waals surface area contributed by atoms with Gasteiger partial charge in [-0.25, -0.2) is 0 Å². The Balaban J connectivity index is 3.07. The molecule has 2 nitrogen and oxygen atoms in total. The topological polar surface area (TPSA) is 26.3 Å². The first-order valence-electron chi connectivity index (χ1n) is 8.55. The van der Waals surface area contributed by atoms with Crippen molar-refractivity contribution in [3.8, 4) is 0 Å². The van der Waals surface area contributed by atoms with Crippen molar-refractivity contribution in [1.29, 1.82) is 0 Å². The van der Waals surface area contributed by atoms with Crippen LogP contribution in [0.3, 0.4) is 0 Å². The summed E-state index contributed by atoms with van der Waals surface area (Å²) in [5, 5.41) is 0. The smallest absolute Gasteiger partial charge is 0.302 e. The average molecular weight is 282 g/mol. The van der Waals surface area contributed by atoms with Gasteiger partial charge in [0.2, 0.25) is 0 Å². The highest BCUT2D eigenvalue weighted by Gasteiger charge is 1.92. The molecule has 118 valence electrons. The Morgan fingerprint density at radius 2 is 1.30 bits per heavy atom. The van der Waals surface area contributed by atoms with Crippen molar-refractivity contribution in [2.24, 2.45) is 0 Å². The Labute approximate surface area is 126 Å². The fraction of sp³-hybridized carbons (Fsp3) is 0.833. The minimum absolute atomic E-state index is 0.171. The van der Waals surface area contributed by atoms with Crippen LogP contribution in [0.5, 0.6) is 0 Å². The van der Waals surface area contributed by atoms with Gasteiger partial charge in [-0.3, -0.25) is 4.79 Å². The van der Waals surface area contributed by atoms with E-state index in [1.807, 2.05) is 0 Å². The zero-order valence-corrected chi connectivity index (χ0v) is 13.7. The second-order valence-electron chi connectivity index (χ2n) is 5.57. The molecule has 20 heavy (non-hydrogen) atoms. The number of carbonyl (C=O) groups excluding carboxylic acids is 1. The zero-order chi connectivity index (χ0) is 14.9. The molecule has 0 saturated heterocycles. The molecule has 0 N–H and O–H groups in total. The van der Waals surface area contributed by atoms with Crippen molar-refractivity contribution in [2.45, 2.75) is 90.9 Å². The molecule has 0 aromatic heterocycles. The molecule has 0 aliphatic carbocycles. The first kappa shape index (κ1) is 19.2. The van der Waals surface area contributed by atoms with Gasteiger partial charge in [0.05, 0.1) is 6.61 Å². The minimum Gasteiger partial charge on any atom is -0.466 e. The third kappa shape index (κ3) is 17.2. The molecule has 0 spiro atoms. The van der Waals surface area contributed by atoms with Crippen molar-refractivity contribution < 1.29 is 9.53 Å². The van der Waals surface area contributed by atoms with Crippen LogP contribution in [0.15, 0.2) is 12.2 Å². The van der Waals surface area contributed by atoms with Crippen molar-refractivity contribution in [3.63, 3.8) is 0 Å². The highest BCUT2D eigenvalue weighted by Crippen LogP contribution is 2.10. The summed E-state index contributed by atoms with van der Waals surface area (Å²) in [5.41, 5.74) is 0. The molecule has 0 atom stereocenters. The molecule has 0 aliphatic rings. The van der Waals surface area contributed by atoms with Gasteiger partial charge in [-0.05, 0) is 32.1 Å². The molecule has 0 amide bonds. The monoisotopic (exact) mass is 282 g/mol. The van der Waals surface area contributed by atoms with Crippen molar-refractivity contribution in [2.75, 3.05) is 6.61 Å². The second kappa shape index (κ2) is 16.3. The lowest BCUT2D eigenvalue weighted by Crippen LogP contribution is -1.99. The van der Waals surface area contributed by atoms with Gasteiger partial charge in [0.1, 0.15) is 0 Å². The van der Waals surface area contributed by atoms with Crippen LogP contribution in [0, 0.1) is 0 Å². The van der Waals surface area contributed by atoms with Crippen molar-refractivity contribution in [3.05, 3.63) is 12.2 Å². The van der Waals surface area contributed by atoms with Crippen LogP contribution >= 0.6 is 0 Å². The van der Waals surface area contributed by atoms with Gasteiger partial charge in [0.25, 0.3) is 0 Å². The average Bonchev–Trinajstić information content (AvgIpc) is 2.43. The molecule has 0 aliphatic heterocycles. The number of esters is 1.